The molecule has 0 atom stereocenters. The van der Waals surface area contributed by atoms with Gasteiger partial charge in [-0.3, -0.25) is 9.78 Å². The number of aryl methyl sites for hydroxylation is 1. The average Bonchev–Trinajstić information content (AvgIpc) is 3.28. The maximum Gasteiger partial charge on any atom is 0.411 e. The summed E-state index contributed by atoms with van der Waals surface area (Å²) in [5.41, 5.74) is 0.356. The molecule has 142 valence electrons. The number of hydrogen-bond donors (Lipinski definition) is 2. The third-order valence-corrected chi connectivity index (χ3v) is 4.91. The predicted molar refractivity (Wildman–Crippen MR) is 91.9 cm³/mol. The van der Waals surface area contributed by atoms with E-state index in [1.807, 2.05) is 6.07 Å². The van der Waals surface area contributed by atoms with Gasteiger partial charge in [-0.05, 0) is 44.2 Å². The first-order valence-corrected chi connectivity index (χ1v) is 8.81. The molecule has 1 amide bonds. The van der Waals surface area contributed by atoms with E-state index in [0.29, 0.717) is 17.3 Å². The number of fused-ring (bicyclic) bond motifs is 1. The SMILES string of the molecule is O=C(CNc1nc(-c2ccccn2)nc2c1CCC2)NC1(C(F)(F)F)CC1. The van der Waals surface area contributed by atoms with E-state index in [0.717, 1.165) is 30.5 Å². The number of carbonyl (C=O) groups is 1. The van der Waals surface area contributed by atoms with Gasteiger partial charge in [0.05, 0.1) is 6.54 Å². The molecule has 6 nitrogen and oxygen atoms in total. The topological polar surface area (TPSA) is 79.8 Å². The van der Waals surface area contributed by atoms with Gasteiger partial charge < -0.3 is 10.6 Å². The van der Waals surface area contributed by atoms with E-state index in [1.54, 1.807) is 18.3 Å². The zero-order chi connectivity index (χ0) is 19.1. The van der Waals surface area contributed by atoms with Gasteiger partial charge in [0, 0.05) is 17.5 Å². The molecule has 0 aliphatic heterocycles. The maximum absolute atomic E-state index is 13.0. The summed E-state index contributed by atoms with van der Waals surface area (Å²) in [4.78, 5) is 25.3. The Morgan fingerprint density at radius 2 is 2.00 bits per heavy atom. The van der Waals surface area contributed by atoms with Gasteiger partial charge >= 0.3 is 6.18 Å². The molecular weight excluding hydrogens is 359 g/mol. The molecule has 0 radical (unpaired) electrons. The lowest BCUT2D eigenvalue weighted by atomic mass is 10.2. The lowest BCUT2D eigenvalue weighted by molar-refractivity contribution is -0.169. The highest BCUT2D eigenvalue weighted by Gasteiger charge is 2.64. The third-order valence-electron chi connectivity index (χ3n) is 4.91. The van der Waals surface area contributed by atoms with Crippen molar-refractivity contribution in [2.24, 2.45) is 0 Å². The monoisotopic (exact) mass is 377 g/mol. The Balaban J connectivity index is 1.51. The molecule has 9 heteroatoms. The van der Waals surface area contributed by atoms with Gasteiger partial charge in [0.1, 0.15) is 17.1 Å². The molecule has 0 bridgehead atoms. The molecule has 0 unspecified atom stereocenters. The highest BCUT2D eigenvalue weighted by Crippen LogP contribution is 2.48. The quantitative estimate of drug-likeness (QED) is 0.838. The molecular formula is C18H18F3N5O. The Bertz CT molecular complexity index is 865. The maximum atomic E-state index is 13.0. The van der Waals surface area contributed by atoms with Crippen molar-refractivity contribution in [2.75, 3.05) is 11.9 Å². The minimum Gasteiger partial charge on any atom is -0.361 e. The van der Waals surface area contributed by atoms with Gasteiger partial charge in [-0.1, -0.05) is 6.07 Å². The number of hydrogen-bond acceptors (Lipinski definition) is 5. The van der Waals surface area contributed by atoms with Crippen molar-refractivity contribution >= 4 is 11.7 Å². The van der Waals surface area contributed by atoms with Crippen molar-refractivity contribution in [3.8, 4) is 11.5 Å². The number of amides is 1. The number of carbonyl (C=O) groups excluding carboxylic acids is 1. The largest absolute Gasteiger partial charge is 0.411 e. The average molecular weight is 377 g/mol. The summed E-state index contributed by atoms with van der Waals surface area (Å²) < 4.78 is 38.9. The van der Waals surface area contributed by atoms with E-state index in [4.69, 9.17) is 0 Å². The van der Waals surface area contributed by atoms with E-state index < -0.39 is 17.6 Å². The van der Waals surface area contributed by atoms with Crippen molar-refractivity contribution < 1.29 is 18.0 Å². The van der Waals surface area contributed by atoms with Crippen molar-refractivity contribution in [3.63, 3.8) is 0 Å². The lowest BCUT2D eigenvalue weighted by Gasteiger charge is -2.21. The normalized spacial score (nSPS) is 17.3. The summed E-state index contributed by atoms with van der Waals surface area (Å²) in [6.45, 7) is -0.275. The van der Waals surface area contributed by atoms with Gasteiger partial charge in [0.25, 0.3) is 0 Å². The molecule has 1 saturated carbocycles. The molecule has 2 aliphatic carbocycles. The number of rotatable bonds is 5. The number of halogens is 3. The number of pyridine rings is 1. The van der Waals surface area contributed by atoms with Crippen LogP contribution in [-0.2, 0) is 17.6 Å². The molecule has 27 heavy (non-hydrogen) atoms. The minimum atomic E-state index is -4.43. The molecule has 4 rings (SSSR count). The first-order valence-electron chi connectivity index (χ1n) is 8.81. The molecule has 0 aromatic carbocycles. The fourth-order valence-corrected chi connectivity index (χ4v) is 3.27. The van der Waals surface area contributed by atoms with Crippen molar-refractivity contribution in [1.82, 2.24) is 20.3 Å². The van der Waals surface area contributed by atoms with E-state index >= 15 is 0 Å². The Morgan fingerprint density at radius 3 is 2.67 bits per heavy atom. The van der Waals surface area contributed by atoms with Gasteiger partial charge in [-0.25, -0.2) is 9.97 Å². The minimum absolute atomic E-state index is 0.0744. The molecule has 2 aromatic heterocycles. The highest BCUT2D eigenvalue weighted by molar-refractivity contribution is 5.82. The predicted octanol–water partition coefficient (Wildman–Crippen LogP) is 2.65. The van der Waals surface area contributed by atoms with Crippen LogP contribution >= 0.6 is 0 Å². The zero-order valence-corrected chi connectivity index (χ0v) is 14.4. The van der Waals surface area contributed by atoms with Crippen LogP contribution in [0.1, 0.15) is 30.5 Å². The summed E-state index contributed by atoms with van der Waals surface area (Å²) in [5.74, 6) is 0.229. The van der Waals surface area contributed by atoms with Crippen LogP contribution in [0, 0.1) is 0 Å². The van der Waals surface area contributed by atoms with Crippen LogP contribution in [-0.4, -0.2) is 39.1 Å². The zero-order valence-electron chi connectivity index (χ0n) is 14.4. The van der Waals surface area contributed by atoms with E-state index in [9.17, 15) is 18.0 Å². The standard InChI is InChI=1S/C18H18F3N5O/c19-18(20,21)17(7-8-17)26-14(27)10-23-15-11-4-3-6-12(11)24-16(25-15)13-5-1-2-9-22-13/h1-2,5,9H,3-4,6-8,10H2,(H,26,27)(H,23,24,25). The molecule has 0 saturated heterocycles. The molecule has 0 spiro atoms. The van der Waals surface area contributed by atoms with Crippen LogP contribution in [0.4, 0.5) is 19.0 Å². The third kappa shape index (κ3) is 3.45. The van der Waals surface area contributed by atoms with Crippen LogP contribution in [0.5, 0.6) is 0 Å². The van der Waals surface area contributed by atoms with E-state index in [2.05, 4.69) is 25.6 Å². The van der Waals surface area contributed by atoms with Crippen LogP contribution < -0.4 is 10.6 Å². The van der Waals surface area contributed by atoms with Crippen LogP contribution in [0.3, 0.4) is 0 Å². The number of nitrogens with one attached hydrogen (secondary N) is 2. The first-order chi connectivity index (χ1) is 12.9. The lowest BCUT2D eigenvalue weighted by Crippen LogP contribution is -2.49. The Labute approximate surface area is 153 Å². The van der Waals surface area contributed by atoms with E-state index in [-0.39, 0.29) is 19.4 Å². The smallest absolute Gasteiger partial charge is 0.361 e. The Hall–Kier alpha value is -2.71. The summed E-state index contributed by atoms with van der Waals surface area (Å²) in [7, 11) is 0. The highest BCUT2D eigenvalue weighted by atomic mass is 19.4. The molecule has 2 aromatic rings. The summed E-state index contributed by atoms with van der Waals surface area (Å²) in [5, 5.41) is 5.01. The van der Waals surface area contributed by atoms with Crippen LogP contribution in [0.15, 0.2) is 24.4 Å². The number of alkyl halides is 3. The van der Waals surface area contributed by atoms with Gasteiger partial charge in [-0.2, -0.15) is 13.2 Å². The molecule has 2 aliphatic rings. The van der Waals surface area contributed by atoms with Gasteiger partial charge in [-0.15, -0.1) is 0 Å². The molecule has 2 heterocycles. The van der Waals surface area contributed by atoms with Crippen LogP contribution in [0.25, 0.3) is 11.5 Å². The summed E-state index contributed by atoms with van der Waals surface area (Å²) in [6.07, 6.45) is -0.439. The van der Waals surface area contributed by atoms with Gasteiger partial charge in [0.15, 0.2) is 5.82 Å². The second kappa shape index (κ2) is 6.47. The Kier molecular flexibility index (Phi) is 4.24. The van der Waals surface area contributed by atoms with Gasteiger partial charge in [0.2, 0.25) is 5.91 Å². The number of nitrogens with zero attached hydrogens (tertiary/aromatic N) is 3. The fraction of sp³-hybridized carbons (Fsp3) is 0.444. The summed E-state index contributed by atoms with van der Waals surface area (Å²) >= 11 is 0. The fourth-order valence-electron chi connectivity index (χ4n) is 3.27. The van der Waals surface area contributed by atoms with E-state index in [1.165, 1.54) is 0 Å². The molecule has 2 N–H and O–H groups in total. The second-order valence-electron chi connectivity index (χ2n) is 6.87. The number of anilines is 1. The molecule has 1 fully saturated rings. The Morgan fingerprint density at radius 1 is 1.19 bits per heavy atom. The number of aromatic nitrogens is 3. The van der Waals surface area contributed by atoms with Crippen molar-refractivity contribution in [3.05, 3.63) is 35.7 Å². The summed E-state index contributed by atoms with van der Waals surface area (Å²) in [6, 6.07) is 5.40. The van der Waals surface area contributed by atoms with Crippen molar-refractivity contribution in [1.29, 1.82) is 0 Å². The van der Waals surface area contributed by atoms with Crippen LogP contribution in [0.2, 0.25) is 0 Å². The first kappa shape index (κ1) is 17.7. The van der Waals surface area contributed by atoms with Crippen molar-refractivity contribution in [2.45, 2.75) is 43.8 Å². The second-order valence-corrected chi connectivity index (χ2v) is 6.87.